The first kappa shape index (κ1) is 23.2. The number of hydrogen-bond donors (Lipinski definition) is 1. The van der Waals surface area contributed by atoms with Crippen LogP contribution in [0.15, 0.2) is 24.5 Å². The molecule has 6 heterocycles. The SMILES string of the molecule is Cn1cc(-c2cc(OC3COC3)c3c(n2)C2(CCOC2)OCC3)c2cc(NC(=O)C(F)(F)F)ncc21. The summed E-state index contributed by atoms with van der Waals surface area (Å²) in [4.78, 5) is 20.5. The molecule has 0 radical (unpaired) electrons. The van der Waals surface area contributed by atoms with Crippen molar-refractivity contribution < 1.29 is 36.9 Å². The molecule has 1 N–H and O–H groups in total. The molecule has 190 valence electrons. The third-order valence-electron chi connectivity index (χ3n) is 6.78. The topological polar surface area (TPSA) is 96.7 Å². The Morgan fingerprint density at radius 2 is 2.08 bits per heavy atom. The van der Waals surface area contributed by atoms with Gasteiger partial charge < -0.3 is 28.8 Å². The number of aromatic nitrogens is 3. The molecule has 0 aliphatic carbocycles. The predicted octanol–water partition coefficient (Wildman–Crippen LogP) is 3.10. The molecule has 3 aliphatic heterocycles. The van der Waals surface area contributed by atoms with Gasteiger partial charge in [0, 0.05) is 55.3 Å². The fourth-order valence-electron chi connectivity index (χ4n) is 4.87. The second-order valence-corrected chi connectivity index (χ2v) is 9.20. The van der Waals surface area contributed by atoms with Crippen LogP contribution in [0.4, 0.5) is 19.0 Å². The van der Waals surface area contributed by atoms with Gasteiger partial charge in [0.25, 0.3) is 0 Å². The Morgan fingerprint density at radius 1 is 1.25 bits per heavy atom. The van der Waals surface area contributed by atoms with Gasteiger partial charge in [-0.25, -0.2) is 9.97 Å². The van der Waals surface area contributed by atoms with Crippen LogP contribution in [0.1, 0.15) is 17.7 Å². The summed E-state index contributed by atoms with van der Waals surface area (Å²) in [7, 11) is 1.80. The van der Waals surface area contributed by atoms with E-state index in [4.69, 9.17) is 23.9 Å². The van der Waals surface area contributed by atoms with E-state index in [0.29, 0.717) is 73.8 Å². The zero-order valence-electron chi connectivity index (χ0n) is 19.4. The van der Waals surface area contributed by atoms with Gasteiger partial charge in [-0.1, -0.05) is 0 Å². The normalized spacial score (nSPS) is 22.0. The number of alkyl halides is 3. The molecular formula is C24H23F3N4O5. The molecule has 1 amide bonds. The third kappa shape index (κ3) is 3.89. The van der Waals surface area contributed by atoms with Gasteiger partial charge in [-0.05, 0) is 6.07 Å². The summed E-state index contributed by atoms with van der Waals surface area (Å²) in [5.74, 6) is -1.60. The lowest BCUT2D eigenvalue weighted by molar-refractivity contribution is -0.167. The first-order valence-electron chi connectivity index (χ1n) is 11.6. The largest absolute Gasteiger partial charge is 0.485 e. The summed E-state index contributed by atoms with van der Waals surface area (Å²) in [6.45, 7) is 2.46. The van der Waals surface area contributed by atoms with Gasteiger partial charge in [-0.3, -0.25) is 4.79 Å². The van der Waals surface area contributed by atoms with Gasteiger partial charge >= 0.3 is 12.1 Å². The first-order chi connectivity index (χ1) is 17.2. The zero-order valence-corrected chi connectivity index (χ0v) is 19.4. The summed E-state index contributed by atoms with van der Waals surface area (Å²) in [6.07, 6.45) is -0.541. The van der Waals surface area contributed by atoms with E-state index < -0.39 is 17.7 Å². The number of rotatable bonds is 4. The molecule has 1 spiro atoms. The molecule has 2 saturated heterocycles. The molecule has 0 bridgehead atoms. The average molecular weight is 504 g/mol. The Labute approximate surface area is 203 Å². The van der Waals surface area contributed by atoms with Gasteiger partial charge in [0.2, 0.25) is 0 Å². The van der Waals surface area contributed by atoms with Crippen molar-refractivity contribution in [2.24, 2.45) is 7.05 Å². The first-order valence-corrected chi connectivity index (χ1v) is 11.6. The Morgan fingerprint density at radius 3 is 2.78 bits per heavy atom. The number of fused-ring (bicyclic) bond motifs is 3. The molecule has 6 rings (SSSR count). The Bertz CT molecular complexity index is 1350. The van der Waals surface area contributed by atoms with Crippen molar-refractivity contribution >= 4 is 22.6 Å². The highest BCUT2D eigenvalue weighted by Crippen LogP contribution is 2.44. The fourth-order valence-corrected chi connectivity index (χ4v) is 4.87. The number of amides is 1. The highest BCUT2D eigenvalue weighted by atomic mass is 19.4. The molecule has 3 aromatic heterocycles. The minimum Gasteiger partial charge on any atom is -0.485 e. The molecule has 2 fully saturated rings. The number of hydrogen-bond acceptors (Lipinski definition) is 7. The number of pyridine rings is 2. The summed E-state index contributed by atoms with van der Waals surface area (Å²) >= 11 is 0. The minimum absolute atomic E-state index is 0.0659. The van der Waals surface area contributed by atoms with Crippen LogP contribution in [-0.4, -0.2) is 65.8 Å². The quantitative estimate of drug-likeness (QED) is 0.583. The number of anilines is 1. The number of carbonyl (C=O) groups excluding carboxylic acids is 1. The molecule has 0 saturated carbocycles. The summed E-state index contributed by atoms with van der Waals surface area (Å²) in [5, 5.41) is 2.41. The highest BCUT2D eigenvalue weighted by molar-refractivity contribution is 5.99. The number of carbonyl (C=O) groups is 1. The van der Waals surface area contributed by atoms with E-state index in [1.165, 1.54) is 12.3 Å². The molecule has 12 heteroatoms. The van der Waals surface area contributed by atoms with Crippen molar-refractivity contribution in [2.45, 2.75) is 30.7 Å². The van der Waals surface area contributed by atoms with Crippen LogP contribution in [0, 0.1) is 0 Å². The number of nitrogens with zero attached hydrogens (tertiary/aromatic N) is 3. The maximum Gasteiger partial charge on any atom is 0.471 e. The van der Waals surface area contributed by atoms with E-state index in [1.807, 2.05) is 17.6 Å². The lowest BCUT2D eigenvalue weighted by Gasteiger charge is -2.36. The number of aryl methyl sites for hydroxylation is 1. The van der Waals surface area contributed by atoms with E-state index >= 15 is 0 Å². The molecular weight excluding hydrogens is 481 g/mol. The molecule has 1 unspecified atom stereocenters. The van der Waals surface area contributed by atoms with Crippen molar-refractivity contribution in [3.05, 3.63) is 35.8 Å². The molecule has 36 heavy (non-hydrogen) atoms. The fraction of sp³-hybridized carbons (Fsp3) is 0.458. The van der Waals surface area contributed by atoms with Gasteiger partial charge in [-0.2, -0.15) is 13.2 Å². The number of ether oxygens (including phenoxy) is 4. The highest BCUT2D eigenvalue weighted by Gasteiger charge is 2.45. The molecule has 3 aromatic rings. The number of halogens is 3. The van der Waals surface area contributed by atoms with Gasteiger partial charge in [0.1, 0.15) is 23.3 Å². The van der Waals surface area contributed by atoms with Crippen LogP contribution in [0.3, 0.4) is 0 Å². The van der Waals surface area contributed by atoms with Crippen LogP contribution < -0.4 is 10.1 Å². The predicted molar refractivity (Wildman–Crippen MR) is 121 cm³/mol. The molecule has 1 atom stereocenters. The summed E-state index contributed by atoms with van der Waals surface area (Å²) in [5.41, 5.74) is 2.97. The van der Waals surface area contributed by atoms with Crippen molar-refractivity contribution in [1.82, 2.24) is 14.5 Å². The Kier molecular flexibility index (Phi) is 5.43. The van der Waals surface area contributed by atoms with E-state index in [1.54, 1.807) is 11.6 Å². The summed E-state index contributed by atoms with van der Waals surface area (Å²) < 4.78 is 63.6. The molecule has 9 nitrogen and oxygen atoms in total. The zero-order chi connectivity index (χ0) is 25.1. The minimum atomic E-state index is -5.02. The summed E-state index contributed by atoms with van der Waals surface area (Å²) in [6, 6.07) is 3.27. The van der Waals surface area contributed by atoms with Crippen molar-refractivity contribution in [1.29, 1.82) is 0 Å². The van der Waals surface area contributed by atoms with Crippen molar-refractivity contribution in [3.8, 4) is 17.0 Å². The van der Waals surface area contributed by atoms with Crippen molar-refractivity contribution in [3.63, 3.8) is 0 Å². The van der Waals surface area contributed by atoms with Crippen LogP contribution in [0.5, 0.6) is 5.75 Å². The van der Waals surface area contributed by atoms with Gasteiger partial charge in [0.05, 0.1) is 49.5 Å². The van der Waals surface area contributed by atoms with E-state index in [9.17, 15) is 18.0 Å². The maximum atomic E-state index is 12.8. The van der Waals surface area contributed by atoms with E-state index in [2.05, 4.69) is 4.98 Å². The smallest absolute Gasteiger partial charge is 0.471 e. The van der Waals surface area contributed by atoms with E-state index in [-0.39, 0.29) is 11.9 Å². The van der Waals surface area contributed by atoms with Gasteiger partial charge in [0.15, 0.2) is 0 Å². The van der Waals surface area contributed by atoms with Crippen LogP contribution in [0.25, 0.3) is 22.2 Å². The maximum absolute atomic E-state index is 12.8. The van der Waals surface area contributed by atoms with Crippen LogP contribution in [-0.2, 0) is 38.1 Å². The monoisotopic (exact) mass is 504 g/mol. The second kappa shape index (κ2) is 8.43. The van der Waals surface area contributed by atoms with Gasteiger partial charge in [-0.15, -0.1) is 0 Å². The van der Waals surface area contributed by atoms with Crippen LogP contribution in [0.2, 0.25) is 0 Å². The lowest BCUT2D eigenvalue weighted by Crippen LogP contribution is -2.40. The second-order valence-electron chi connectivity index (χ2n) is 9.20. The Balaban J connectivity index is 1.48. The van der Waals surface area contributed by atoms with Crippen LogP contribution >= 0.6 is 0 Å². The standard InChI is InChI=1S/C24H23F3N4O5/c1-31-9-16(15-6-20(28-8-18(15)31)30-22(32)24(25,26)27)17-7-19(36-13-10-34-11-13)14-2-4-35-23(21(14)29-17)3-5-33-12-23/h6-9,13H,2-5,10-12H2,1H3,(H,28,30,32). The lowest BCUT2D eigenvalue weighted by atomic mass is 9.89. The average Bonchev–Trinajstić information content (AvgIpc) is 3.41. The van der Waals surface area contributed by atoms with E-state index in [0.717, 1.165) is 11.3 Å². The third-order valence-corrected chi connectivity index (χ3v) is 6.78. The van der Waals surface area contributed by atoms with Crippen molar-refractivity contribution in [2.75, 3.05) is 38.4 Å². The Hall–Kier alpha value is -3.22. The number of nitrogens with one attached hydrogen (secondary N) is 1. The molecule has 0 aromatic carbocycles. The molecule has 3 aliphatic rings.